The molecule has 0 spiro atoms. The van der Waals surface area contributed by atoms with Crippen molar-refractivity contribution in [1.82, 2.24) is 5.32 Å². The summed E-state index contributed by atoms with van der Waals surface area (Å²) in [7, 11) is 0. The van der Waals surface area contributed by atoms with Crippen LogP contribution in [0.2, 0.25) is 5.02 Å². The van der Waals surface area contributed by atoms with E-state index < -0.39 is 0 Å². The number of ether oxygens (including phenoxy) is 1. The van der Waals surface area contributed by atoms with Gasteiger partial charge in [0.25, 0.3) is 5.91 Å². The van der Waals surface area contributed by atoms with Gasteiger partial charge in [0, 0.05) is 22.7 Å². The highest BCUT2D eigenvalue weighted by molar-refractivity contribution is 6.31. The van der Waals surface area contributed by atoms with Crippen molar-refractivity contribution in [2.75, 3.05) is 6.61 Å². The van der Waals surface area contributed by atoms with Crippen LogP contribution in [-0.4, -0.2) is 18.1 Å². The third-order valence-corrected chi connectivity index (χ3v) is 2.51. The van der Waals surface area contributed by atoms with E-state index in [9.17, 15) is 4.79 Å². The highest BCUT2D eigenvalue weighted by atomic mass is 35.5. The van der Waals surface area contributed by atoms with Gasteiger partial charge in [-0.25, -0.2) is 0 Å². The zero-order valence-electron chi connectivity index (χ0n) is 10.9. The van der Waals surface area contributed by atoms with Crippen molar-refractivity contribution in [3.8, 4) is 5.75 Å². The lowest BCUT2D eigenvalue weighted by Gasteiger charge is -2.20. The van der Waals surface area contributed by atoms with Crippen molar-refractivity contribution in [3.05, 3.63) is 28.8 Å². The van der Waals surface area contributed by atoms with E-state index in [1.165, 1.54) is 0 Å². The maximum Gasteiger partial charge on any atom is 0.258 e. The predicted octanol–water partition coefficient (Wildman–Crippen LogP) is 2.09. The fraction of sp³-hybridized carbons (Fsp3) is 0.462. The van der Waals surface area contributed by atoms with Crippen molar-refractivity contribution >= 4 is 17.5 Å². The molecule has 0 aromatic heterocycles. The molecule has 0 atom stereocenters. The van der Waals surface area contributed by atoms with E-state index in [1.807, 2.05) is 20.8 Å². The van der Waals surface area contributed by atoms with Crippen molar-refractivity contribution in [3.63, 3.8) is 0 Å². The first-order chi connectivity index (χ1) is 8.33. The second-order valence-electron chi connectivity index (χ2n) is 5.01. The molecule has 0 unspecified atom stereocenters. The summed E-state index contributed by atoms with van der Waals surface area (Å²) in [6, 6.07) is 5.25. The van der Waals surface area contributed by atoms with Crippen LogP contribution in [0.1, 0.15) is 26.3 Å². The highest BCUT2D eigenvalue weighted by Gasteiger charge is 2.15. The van der Waals surface area contributed by atoms with Crippen LogP contribution in [0, 0.1) is 0 Å². The summed E-state index contributed by atoms with van der Waals surface area (Å²) in [5.74, 6) is 0.375. The highest BCUT2D eigenvalue weighted by Crippen LogP contribution is 2.25. The topological polar surface area (TPSA) is 64.3 Å². The standard InChI is InChI=1S/C13H19ClN2O2/c1-13(2,3)16-12(17)8-18-11-6-4-5-10(14)9(11)7-15/h4-6H,7-8,15H2,1-3H3,(H,16,17). The Hall–Kier alpha value is -1.26. The smallest absolute Gasteiger partial charge is 0.258 e. The number of carbonyl (C=O) groups is 1. The summed E-state index contributed by atoms with van der Waals surface area (Å²) >= 11 is 5.99. The second kappa shape index (κ2) is 6.07. The third kappa shape index (κ3) is 4.55. The molecule has 0 aliphatic heterocycles. The molecule has 1 rings (SSSR count). The number of halogens is 1. The Morgan fingerprint density at radius 2 is 2.11 bits per heavy atom. The van der Waals surface area contributed by atoms with Gasteiger partial charge in [0.2, 0.25) is 0 Å². The first-order valence-corrected chi connectivity index (χ1v) is 6.12. The lowest BCUT2D eigenvalue weighted by atomic mass is 10.1. The lowest BCUT2D eigenvalue weighted by Crippen LogP contribution is -2.43. The Morgan fingerprint density at radius 3 is 2.67 bits per heavy atom. The molecule has 0 fully saturated rings. The third-order valence-electron chi connectivity index (χ3n) is 2.15. The molecule has 1 aromatic rings. The molecule has 0 aliphatic rings. The predicted molar refractivity (Wildman–Crippen MR) is 72.7 cm³/mol. The molecule has 0 saturated carbocycles. The van der Waals surface area contributed by atoms with E-state index in [4.69, 9.17) is 22.1 Å². The lowest BCUT2D eigenvalue weighted by molar-refractivity contribution is -0.124. The van der Waals surface area contributed by atoms with Gasteiger partial charge in [-0.3, -0.25) is 4.79 Å². The zero-order valence-corrected chi connectivity index (χ0v) is 11.7. The normalized spacial score (nSPS) is 11.2. The summed E-state index contributed by atoms with van der Waals surface area (Å²) in [5, 5.41) is 3.36. The Morgan fingerprint density at radius 1 is 1.44 bits per heavy atom. The number of hydrogen-bond acceptors (Lipinski definition) is 3. The van der Waals surface area contributed by atoms with Gasteiger partial charge in [-0.1, -0.05) is 17.7 Å². The summed E-state index contributed by atoms with van der Waals surface area (Å²) in [6.07, 6.45) is 0. The number of rotatable bonds is 4. The Kier molecular flexibility index (Phi) is 4.99. The average molecular weight is 271 g/mol. The van der Waals surface area contributed by atoms with Crippen LogP contribution < -0.4 is 15.8 Å². The fourth-order valence-electron chi connectivity index (χ4n) is 1.47. The van der Waals surface area contributed by atoms with Crippen LogP contribution in [0.3, 0.4) is 0 Å². The number of nitrogens with one attached hydrogen (secondary N) is 1. The summed E-state index contributed by atoms with van der Waals surface area (Å²) in [5.41, 5.74) is 6.03. The van der Waals surface area contributed by atoms with Crippen molar-refractivity contribution in [2.45, 2.75) is 32.9 Å². The van der Waals surface area contributed by atoms with E-state index in [1.54, 1.807) is 18.2 Å². The monoisotopic (exact) mass is 270 g/mol. The molecule has 0 aliphatic carbocycles. The number of benzene rings is 1. The summed E-state index contributed by atoms with van der Waals surface area (Å²) in [6.45, 7) is 5.96. The molecular formula is C13H19ClN2O2. The molecule has 0 heterocycles. The number of nitrogens with two attached hydrogens (primary N) is 1. The van der Waals surface area contributed by atoms with Gasteiger partial charge in [0.1, 0.15) is 5.75 Å². The van der Waals surface area contributed by atoms with Crippen molar-refractivity contribution < 1.29 is 9.53 Å². The van der Waals surface area contributed by atoms with Gasteiger partial charge >= 0.3 is 0 Å². The van der Waals surface area contributed by atoms with Gasteiger partial charge in [-0.05, 0) is 32.9 Å². The minimum atomic E-state index is -0.272. The quantitative estimate of drug-likeness (QED) is 0.881. The van der Waals surface area contributed by atoms with Crippen LogP contribution >= 0.6 is 11.6 Å². The Labute approximate surface area is 112 Å². The summed E-state index contributed by atoms with van der Waals surface area (Å²) < 4.78 is 5.44. The minimum absolute atomic E-state index is 0.0510. The van der Waals surface area contributed by atoms with E-state index in [-0.39, 0.29) is 24.6 Å². The number of hydrogen-bond donors (Lipinski definition) is 2. The summed E-state index contributed by atoms with van der Waals surface area (Å²) in [4.78, 5) is 11.6. The molecule has 1 amide bonds. The molecule has 0 radical (unpaired) electrons. The van der Waals surface area contributed by atoms with E-state index in [0.717, 1.165) is 0 Å². The van der Waals surface area contributed by atoms with Gasteiger partial charge < -0.3 is 15.8 Å². The van der Waals surface area contributed by atoms with Crippen molar-refractivity contribution in [1.29, 1.82) is 0 Å². The van der Waals surface area contributed by atoms with Crippen LogP contribution in [0.4, 0.5) is 0 Å². The fourth-order valence-corrected chi connectivity index (χ4v) is 1.71. The van der Waals surface area contributed by atoms with Crippen LogP contribution in [0.25, 0.3) is 0 Å². The van der Waals surface area contributed by atoms with E-state index in [0.29, 0.717) is 16.3 Å². The Bertz CT molecular complexity index is 427. The largest absolute Gasteiger partial charge is 0.483 e. The van der Waals surface area contributed by atoms with E-state index in [2.05, 4.69) is 5.32 Å². The molecular weight excluding hydrogens is 252 g/mol. The van der Waals surface area contributed by atoms with Crippen molar-refractivity contribution in [2.24, 2.45) is 5.73 Å². The van der Waals surface area contributed by atoms with Crippen LogP contribution in [0.5, 0.6) is 5.75 Å². The first kappa shape index (κ1) is 14.8. The van der Waals surface area contributed by atoms with Gasteiger partial charge in [0.15, 0.2) is 6.61 Å². The molecule has 5 heteroatoms. The zero-order chi connectivity index (χ0) is 13.8. The van der Waals surface area contributed by atoms with Crippen LogP contribution in [0.15, 0.2) is 18.2 Å². The van der Waals surface area contributed by atoms with Gasteiger partial charge in [0.05, 0.1) is 0 Å². The molecule has 18 heavy (non-hydrogen) atoms. The number of carbonyl (C=O) groups excluding carboxylic acids is 1. The average Bonchev–Trinajstić information content (AvgIpc) is 2.24. The molecule has 1 aromatic carbocycles. The Balaban J connectivity index is 2.64. The minimum Gasteiger partial charge on any atom is -0.483 e. The molecule has 4 nitrogen and oxygen atoms in total. The number of amides is 1. The van der Waals surface area contributed by atoms with Gasteiger partial charge in [-0.2, -0.15) is 0 Å². The molecule has 0 bridgehead atoms. The molecule has 3 N–H and O–H groups in total. The maximum atomic E-state index is 11.6. The molecule has 100 valence electrons. The maximum absolute atomic E-state index is 11.6. The van der Waals surface area contributed by atoms with Crippen LogP contribution in [-0.2, 0) is 11.3 Å². The first-order valence-electron chi connectivity index (χ1n) is 5.75. The second-order valence-corrected chi connectivity index (χ2v) is 5.41. The van der Waals surface area contributed by atoms with E-state index >= 15 is 0 Å². The SMILES string of the molecule is CC(C)(C)NC(=O)COc1cccc(Cl)c1CN. The van der Waals surface area contributed by atoms with Gasteiger partial charge in [-0.15, -0.1) is 0 Å². The molecule has 0 saturated heterocycles.